The van der Waals surface area contributed by atoms with Crippen molar-refractivity contribution in [3.63, 3.8) is 0 Å². The summed E-state index contributed by atoms with van der Waals surface area (Å²) in [5, 5.41) is 10.3. The van der Waals surface area contributed by atoms with E-state index in [1.165, 1.54) is 0 Å². The maximum Gasteiger partial charge on any atom is 0.190 e. The molecule has 3 aliphatic heterocycles. The van der Waals surface area contributed by atoms with Crippen LogP contribution in [0.2, 0.25) is 0 Å². The van der Waals surface area contributed by atoms with Crippen molar-refractivity contribution < 1.29 is 28.8 Å². The summed E-state index contributed by atoms with van der Waals surface area (Å²) in [7, 11) is 0. The zero-order valence-corrected chi connectivity index (χ0v) is 11.4. The molecule has 7 unspecified atom stereocenters. The standard InChI is InChI=1S/C13H22O6/c1-3-4-5-9-17-12-10(14)11(19-13(12)18-9)8-6-15-7(2)16-8/h7-14H,3-6H2,1-2H3. The van der Waals surface area contributed by atoms with Gasteiger partial charge in [0.1, 0.15) is 24.4 Å². The summed E-state index contributed by atoms with van der Waals surface area (Å²) < 4.78 is 28.0. The zero-order valence-electron chi connectivity index (χ0n) is 11.4. The number of ether oxygens (including phenoxy) is 5. The minimum absolute atomic E-state index is 0.250. The van der Waals surface area contributed by atoms with Crippen LogP contribution in [0.25, 0.3) is 0 Å². The minimum Gasteiger partial charge on any atom is -0.387 e. The van der Waals surface area contributed by atoms with Crippen molar-refractivity contribution in [2.45, 2.75) is 76.4 Å². The first-order chi connectivity index (χ1) is 9.19. The number of aliphatic hydroxyl groups is 1. The molecular formula is C13H22O6. The molecule has 6 heteroatoms. The van der Waals surface area contributed by atoms with Gasteiger partial charge in [0.05, 0.1) is 6.61 Å². The smallest absolute Gasteiger partial charge is 0.190 e. The largest absolute Gasteiger partial charge is 0.387 e. The van der Waals surface area contributed by atoms with Crippen molar-refractivity contribution in [3.8, 4) is 0 Å². The lowest BCUT2D eigenvalue weighted by Crippen LogP contribution is -2.41. The van der Waals surface area contributed by atoms with E-state index in [4.69, 9.17) is 23.7 Å². The van der Waals surface area contributed by atoms with Gasteiger partial charge in [0, 0.05) is 0 Å². The Morgan fingerprint density at radius 1 is 1.11 bits per heavy atom. The molecule has 0 bridgehead atoms. The van der Waals surface area contributed by atoms with Crippen LogP contribution in [0.3, 0.4) is 0 Å². The summed E-state index contributed by atoms with van der Waals surface area (Å²) in [6, 6.07) is 0. The van der Waals surface area contributed by atoms with Crippen LogP contribution in [0.1, 0.15) is 33.1 Å². The zero-order chi connectivity index (χ0) is 13.4. The van der Waals surface area contributed by atoms with Gasteiger partial charge in [-0.1, -0.05) is 13.3 Å². The Morgan fingerprint density at radius 2 is 1.95 bits per heavy atom. The second-order valence-electron chi connectivity index (χ2n) is 5.34. The molecule has 0 aromatic heterocycles. The third-order valence-electron chi connectivity index (χ3n) is 3.85. The van der Waals surface area contributed by atoms with Crippen LogP contribution < -0.4 is 0 Å². The van der Waals surface area contributed by atoms with Crippen LogP contribution in [0, 0.1) is 0 Å². The topological polar surface area (TPSA) is 66.4 Å². The predicted molar refractivity (Wildman–Crippen MR) is 64.2 cm³/mol. The first-order valence-corrected chi connectivity index (χ1v) is 7.10. The van der Waals surface area contributed by atoms with E-state index in [0.717, 1.165) is 19.3 Å². The fraction of sp³-hybridized carbons (Fsp3) is 1.00. The highest BCUT2D eigenvalue weighted by Crippen LogP contribution is 2.36. The van der Waals surface area contributed by atoms with E-state index >= 15 is 0 Å². The normalized spacial score (nSPS) is 49.7. The summed E-state index contributed by atoms with van der Waals surface area (Å²) >= 11 is 0. The average Bonchev–Trinajstić information content (AvgIpc) is 3.04. The van der Waals surface area contributed by atoms with Gasteiger partial charge in [-0.3, -0.25) is 0 Å². The molecule has 110 valence electrons. The second-order valence-corrected chi connectivity index (χ2v) is 5.34. The number of hydrogen-bond donors (Lipinski definition) is 1. The fourth-order valence-corrected chi connectivity index (χ4v) is 2.81. The Morgan fingerprint density at radius 3 is 2.58 bits per heavy atom. The molecule has 1 N–H and O–H groups in total. The maximum absolute atomic E-state index is 10.3. The van der Waals surface area contributed by atoms with Crippen LogP contribution >= 0.6 is 0 Å². The maximum atomic E-state index is 10.3. The molecule has 0 spiro atoms. The van der Waals surface area contributed by atoms with E-state index in [2.05, 4.69) is 6.92 Å². The molecule has 0 aliphatic carbocycles. The first-order valence-electron chi connectivity index (χ1n) is 7.10. The van der Waals surface area contributed by atoms with Crippen molar-refractivity contribution >= 4 is 0 Å². The van der Waals surface area contributed by atoms with Crippen LogP contribution in [-0.4, -0.2) is 55.0 Å². The molecule has 0 aromatic carbocycles. The monoisotopic (exact) mass is 274 g/mol. The minimum atomic E-state index is -0.726. The van der Waals surface area contributed by atoms with Gasteiger partial charge in [0.15, 0.2) is 18.9 Å². The van der Waals surface area contributed by atoms with Crippen molar-refractivity contribution in [2.24, 2.45) is 0 Å². The Bertz CT molecular complexity index is 312. The van der Waals surface area contributed by atoms with Gasteiger partial charge in [0.25, 0.3) is 0 Å². The van der Waals surface area contributed by atoms with Gasteiger partial charge in [0.2, 0.25) is 0 Å². The van der Waals surface area contributed by atoms with Crippen molar-refractivity contribution in [2.75, 3.05) is 6.61 Å². The second kappa shape index (κ2) is 5.63. The van der Waals surface area contributed by atoms with Crippen LogP contribution in [0.4, 0.5) is 0 Å². The number of aliphatic hydroxyl groups excluding tert-OH is 1. The number of rotatable bonds is 4. The van der Waals surface area contributed by atoms with E-state index in [1.54, 1.807) is 0 Å². The van der Waals surface area contributed by atoms with Crippen LogP contribution in [0.5, 0.6) is 0 Å². The van der Waals surface area contributed by atoms with Gasteiger partial charge >= 0.3 is 0 Å². The molecule has 0 radical (unpaired) electrons. The van der Waals surface area contributed by atoms with Crippen LogP contribution in [0.15, 0.2) is 0 Å². The van der Waals surface area contributed by atoms with Crippen molar-refractivity contribution in [1.29, 1.82) is 0 Å². The van der Waals surface area contributed by atoms with E-state index in [0.29, 0.717) is 6.61 Å². The van der Waals surface area contributed by atoms with Gasteiger partial charge in [-0.25, -0.2) is 0 Å². The van der Waals surface area contributed by atoms with E-state index in [9.17, 15) is 5.11 Å². The molecule has 3 fully saturated rings. The number of fused-ring (bicyclic) bond motifs is 1. The molecule has 3 saturated heterocycles. The van der Waals surface area contributed by atoms with E-state index in [-0.39, 0.29) is 18.7 Å². The highest BCUT2D eigenvalue weighted by Gasteiger charge is 2.54. The lowest BCUT2D eigenvalue weighted by atomic mass is 10.1. The summed E-state index contributed by atoms with van der Waals surface area (Å²) in [5.74, 6) is 0. The fourth-order valence-electron chi connectivity index (χ4n) is 2.81. The van der Waals surface area contributed by atoms with Crippen molar-refractivity contribution in [3.05, 3.63) is 0 Å². The van der Waals surface area contributed by atoms with Gasteiger partial charge in [-0.2, -0.15) is 0 Å². The van der Waals surface area contributed by atoms with Crippen molar-refractivity contribution in [1.82, 2.24) is 0 Å². The SMILES string of the molecule is CCCCC1OC2OC(C3COC(C)O3)C(O)C2O1. The first kappa shape index (κ1) is 13.7. The molecule has 7 atom stereocenters. The Kier molecular flexibility index (Phi) is 4.07. The third kappa shape index (κ3) is 2.66. The summed E-state index contributed by atoms with van der Waals surface area (Å²) in [6.45, 7) is 4.38. The molecule has 3 aliphatic rings. The lowest BCUT2D eigenvalue weighted by Gasteiger charge is -2.22. The molecule has 3 heterocycles. The van der Waals surface area contributed by atoms with Crippen LogP contribution in [-0.2, 0) is 23.7 Å². The summed E-state index contributed by atoms with van der Waals surface area (Å²) in [4.78, 5) is 0. The molecule has 0 amide bonds. The van der Waals surface area contributed by atoms with Gasteiger partial charge in [-0.15, -0.1) is 0 Å². The van der Waals surface area contributed by atoms with Gasteiger partial charge in [-0.05, 0) is 19.8 Å². The van der Waals surface area contributed by atoms with Gasteiger partial charge < -0.3 is 28.8 Å². The molecule has 6 nitrogen and oxygen atoms in total. The number of unbranched alkanes of at least 4 members (excludes halogenated alkanes) is 1. The molecular weight excluding hydrogens is 252 g/mol. The Labute approximate surface area is 112 Å². The molecule has 19 heavy (non-hydrogen) atoms. The quantitative estimate of drug-likeness (QED) is 0.816. The Hall–Kier alpha value is -0.240. The third-order valence-corrected chi connectivity index (χ3v) is 3.85. The highest BCUT2D eigenvalue weighted by molar-refractivity contribution is 4.95. The molecule has 0 aromatic rings. The predicted octanol–water partition coefficient (Wildman–Crippen LogP) is 0.765. The van der Waals surface area contributed by atoms with E-state index in [1.807, 2.05) is 6.92 Å². The summed E-state index contributed by atoms with van der Waals surface area (Å²) in [5.41, 5.74) is 0. The molecule has 0 saturated carbocycles. The number of hydrogen-bond acceptors (Lipinski definition) is 6. The Balaban J connectivity index is 1.55. The lowest BCUT2D eigenvalue weighted by molar-refractivity contribution is -0.191. The highest BCUT2D eigenvalue weighted by atomic mass is 16.8. The van der Waals surface area contributed by atoms with E-state index < -0.39 is 24.6 Å². The summed E-state index contributed by atoms with van der Waals surface area (Å²) in [6.07, 6.45) is 0.152. The average molecular weight is 274 g/mol. The molecule has 3 rings (SSSR count).